The van der Waals surface area contributed by atoms with Crippen LogP contribution in [0.4, 0.5) is 49.1 Å². The molecule has 0 bridgehead atoms. The second kappa shape index (κ2) is 36.7. The van der Waals surface area contributed by atoms with E-state index in [0.717, 1.165) is 142 Å². The minimum atomic E-state index is -2.44. The van der Waals surface area contributed by atoms with Crippen molar-refractivity contribution in [3.8, 4) is 44.5 Å². The van der Waals surface area contributed by atoms with E-state index >= 15 is 13.2 Å². The molecule has 4 aromatic heterocycles. The fraction of sp³-hybridized carbons (Fsp3) is 0.402. The first-order valence-electron chi connectivity index (χ1n) is 47.5. The Morgan fingerprint density at radius 2 is 0.662 bits per heavy atom. The van der Waals surface area contributed by atoms with Gasteiger partial charge in [0.25, 0.3) is 6.43 Å². The number of carbonyl (C=O) groups is 4. The van der Waals surface area contributed by atoms with Crippen molar-refractivity contribution in [1.29, 1.82) is 0 Å². The van der Waals surface area contributed by atoms with Crippen LogP contribution in [0.2, 0.25) is 0 Å². The maximum Gasteiger partial charge on any atom is 0.251 e. The molecule has 26 heteroatoms. The lowest BCUT2D eigenvalue weighted by Gasteiger charge is -2.34. The number of amides is 4. The second-order valence-electron chi connectivity index (χ2n) is 38.8. The molecule has 3 saturated carbocycles. The van der Waals surface area contributed by atoms with Crippen LogP contribution in [0.3, 0.4) is 0 Å². The molecule has 0 radical (unpaired) electrons. The first-order chi connectivity index (χ1) is 64.5. The van der Waals surface area contributed by atoms with E-state index in [0.29, 0.717) is 79.8 Å². The number of hydrogen-bond donors (Lipinski definition) is 0. The first-order valence-corrected chi connectivity index (χ1v) is 47.5. The number of hydrogen-bond acceptors (Lipinski definition) is 12. The standard InChI is InChI=1S/C28H30F2N4O.C28H31FN4O.C27H30N4O.C24H23F3N4O/c1-32-16-21(15-31-32)19-10-11-20(24(30)14-19)17-34-25-8-4-2-6-22(25)28(27(34)35)12-13-33(18-28)26-9-5-3-7-23(26)29;1-31-17-22(16-30-31)20-11-12-21(25(29)15-20)18-33-26-10-6-5-9-24(26)28(27(33)34)13-14-32(19-28)23-7-3-2-4-8-23;1-29-18-22(16-28-29)21-12-10-20(11-13-21)17-31-25-9-5-4-8-24(25)27(26(31)32)14-15-30(19-27)23-6-2-3-7-23;1-29-12-18(11-28-29)16-6-7-17(20(25)10-16)13-31-21-5-3-2-4-19(21)24(23(31)32)8-9-30(15-24)14-22(26)27/h2,4,6,8,10-11,14-16,23,26H,3,5,7,9,12-13,17-18H2,1H3;5-6,9-12,15-17,23H,2-4,7-8,13-14,18-19H2,1H3;4-5,8-13,16,18,23H,2-3,6-7,14-15,17,19H2,1H3;2-7,10-12,22H,8-9,13-15H2,1H3. The minimum Gasteiger partial charge on any atom is -0.307 e. The molecule has 20 nitrogen and oxygen atoms in total. The highest BCUT2D eigenvalue weighted by molar-refractivity contribution is 6.11. The minimum absolute atomic E-state index is 0.00292. The summed E-state index contributed by atoms with van der Waals surface area (Å²) in [5, 5.41) is 16.7. The van der Waals surface area contributed by atoms with Crippen molar-refractivity contribution in [3.63, 3.8) is 0 Å². The summed E-state index contributed by atoms with van der Waals surface area (Å²) in [5.41, 5.74) is 15.0. The summed E-state index contributed by atoms with van der Waals surface area (Å²) in [7, 11) is 7.40. The molecular weight excluding hydrogens is 1690 g/mol. The van der Waals surface area contributed by atoms with Crippen LogP contribution < -0.4 is 19.6 Å². The Kier molecular flexibility index (Phi) is 24.5. The van der Waals surface area contributed by atoms with Gasteiger partial charge in [0, 0.05) is 166 Å². The van der Waals surface area contributed by atoms with Gasteiger partial charge < -0.3 is 19.6 Å². The van der Waals surface area contributed by atoms with E-state index < -0.39 is 34.7 Å². The van der Waals surface area contributed by atoms with Crippen LogP contribution in [0, 0.1) is 17.5 Å². The van der Waals surface area contributed by atoms with Crippen molar-refractivity contribution < 1.29 is 45.5 Å². The zero-order chi connectivity index (χ0) is 91.6. The maximum absolute atomic E-state index is 15.2. The number of nitrogens with zero attached hydrogens (tertiary/aromatic N) is 16. The Balaban J connectivity index is 0.000000110. The van der Waals surface area contributed by atoms with Crippen molar-refractivity contribution >= 4 is 46.4 Å². The maximum atomic E-state index is 15.2. The van der Waals surface area contributed by atoms with Crippen molar-refractivity contribution in [2.45, 2.75) is 188 Å². The highest BCUT2D eigenvalue weighted by Gasteiger charge is 2.60. The van der Waals surface area contributed by atoms with Crippen LogP contribution in [0.1, 0.15) is 154 Å². The Morgan fingerprint density at radius 3 is 1.02 bits per heavy atom. The van der Waals surface area contributed by atoms with Crippen LogP contribution in [-0.2, 0) is 95.2 Å². The SMILES string of the molecule is Cn1cc(-c2ccc(CN3C(=O)C4(CCN(C5CCCC5)C4)c4ccccc43)cc2)cn1.Cn1cc(-c2ccc(CN3C(=O)C4(CCN(C5CCCCC5)C4)c4ccccc43)c(F)c2)cn1.Cn1cc(-c2ccc(CN3C(=O)C4(CCN(C5CCCCC5F)C4)c4ccccc43)c(F)c2)cn1.Cn1cc(-c2ccc(CN3C(=O)C4(CCN(CC(F)F)C4)c4ccccc43)c(F)c2)cn1. The summed E-state index contributed by atoms with van der Waals surface area (Å²) in [6.45, 7) is 6.40. The van der Waals surface area contributed by atoms with E-state index in [1.807, 2.05) is 158 Å². The lowest BCUT2D eigenvalue weighted by atomic mass is 9.80. The Labute approximate surface area is 772 Å². The molecule has 7 fully saturated rings. The molecule has 0 N–H and O–H groups in total. The predicted octanol–water partition coefficient (Wildman–Crippen LogP) is 18.5. The number of halogens is 6. The molecule has 133 heavy (non-hydrogen) atoms. The van der Waals surface area contributed by atoms with E-state index in [2.05, 4.69) is 89.7 Å². The fourth-order valence-electron chi connectivity index (χ4n) is 23.8. The number of anilines is 4. The smallest absolute Gasteiger partial charge is 0.251 e. The molecule has 8 aliphatic heterocycles. The number of aryl methyl sites for hydroxylation is 4. The van der Waals surface area contributed by atoms with Crippen molar-refractivity contribution in [3.05, 3.63) is 287 Å². The quantitative estimate of drug-likeness (QED) is 0.0793. The first kappa shape index (κ1) is 88.8. The number of carbonyl (C=O) groups excluding carboxylic acids is 4. The van der Waals surface area contributed by atoms with Gasteiger partial charge >= 0.3 is 0 Å². The van der Waals surface area contributed by atoms with Crippen molar-refractivity contribution in [2.24, 2.45) is 28.2 Å². The summed E-state index contributed by atoms with van der Waals surface area (Å²) in [5.74, 6) is -0.757. The van der Waals surface area contributed by atoms with Gasteiger partial charge in [0.2, 0.25) is 23.6 Å². The molecule has 4 spiro atoms. The van der Waals surface area contributed by atoms with Crippen molar-refractivity contribution in [2.75, 3.05) is 78.5 Å². The molecule has 4 saturated heterocycles. The van der Waals surface area contributed by atoms with Gasteiger partial charge in [0.1, 0.15) is 23.6 Å². The summed E-state index contributed by atoms with van der Waals surface area (Å²) < 4.78 is 92.9. The Hall–Kier alpha value is -12.1. The molecule has 3 aliphatic carbocycles. The summed E-state index contributed by atoms with van der Waals surface area (Å²) in [4.78, 5) is 71.7. The average molecular weight is 1800 g/mol. The summed E-state index contributed by atoms with van der Waals surface area (Å²) >= 11 is 0. The Bertz CT molecular complexity index is 6340. The van der Waals surface area contributed by atoms with E-state index in [1.54, 1.807) is 72.6 Å². The van der Waals surface area contributed by atoms with Crippen LogP contribution in [-0.4, -0.2) is 172 Å². The molecule has 11 aliphatic rings. The van der Waals surface area contributed by atoms with E-state index in [9.17, 15) is 32.3 Å². The van der Waals surface area contributed by atoms with Gasteiger partial charge in [-0.25, -0.2) is 26.3 Å². The molecule has 12 heterocycles. The normalized spacial score (nSPS) is 23.6. The molecular formula is C107H114F6N16O4. The molecule has 6 atom stereocenters. The average Bonchev–Trinajstić information content (AvgIpc) is 1.58. The zero-order valence-corrected chi connectivity index (χ0v) is 76.0. The third kappa shape index (κ3) is 16.8. The van der Waals surface area contributed by atoms with Crippen LogP contribution in [0.25, 0.3) is 44.5 Å². The van der Waals surface area contributed by atoms with Crippen molar-refractivity contribution in [1.82, 2.24) is 58.7 Å². The van der Waals surface area contributed by atoms with Gasteiger partial charge in [0.05, 0.1) is 79.2 Å². The van der Waals surface area contributed by atoms with E-state index in [1.165, 1.54) is 75.5 Å². The van der Waals surface area contributed by atoms with E-state index in [4.69, 9.17) is 0 Å². The number of rotatable bonds is 17. The van der Waals surface area contributed by atoms with Crippen LogP contribution in [0.5, 0.6) is 0 Å². The highest BCUT2D eigenvalue weighted by atomic mass is 19.3. The second-order valence-corrected chi connectivity index (χ2v) is 38.8. The molecule has 8 aromatic carbocycles. The summed E-state index contributed by atoms with van der Waals surface area (Å²) in [6, 6.07) is 57.0. The Morgan fingerprint density at radius 1 is 0.346 bits per heavy atom. The summed E-state index contributed by atoms with van der Waals surface area (Å²) in [6.07, 6.45) is 29.3. The van der Waals surface area contributed by atoms with Gasteiger partial charge in [-0.15, -0.1) is 0 Å². The number of benzene rings is 8. The number of aromatic nitrogens is 8. The number of fused-ring (bicyclic) bond motifs is 8. The monoisotopic (exact) mass is 1800 g/mol. The molecule has 688 valence electrons. The number of alkyl halides is 3. The van der Waals surface area contributed by atoms with Crippen LogP contribution >= 0.6 is 0 Å². The molecule has 23 rings (SSSR count). The molecule has 12 aromatic rings. The lowest BCUT2D eigenvalue weighted by Crippen LogP contribution is -2.47. The lowest BCUT2D eigenvalue weighted by molar-refractivity contribution is -0.123. The van der Waals surface area contributed by atoms with Gasteiger partial charge in [-0.1, -0.05) is 178 Å². The van der Waals surface area contributed by atoms with Gasteiger partial charge in [-0.05, 0) is 176 Å². The predicted molar refractivity (Wildman–Crippen MR) is 504 cm³/mol. The van der Waals surface area contributed by atoms with Gasteiger partial charge in [-0.2, -0.15) is 20.4 Å². The fourth-order valence-corrected chi connectivity index (χ4v) is 23.8. The third-order valence-corrected chi connectivity index (χ3v) is 30.7. The zero-order valence-electron chi connectivity index (χ0n) is 76.0. The molecule has 6 unspecified atom stereocenters. The largest absolute Gasteiger partial charge is 0.307 e. The third-order valence-electron chi connectivity index (χ3n) is 30.7. The van der Waals surface area contributed by atoms with Crippen LogP contribution in [0.15, 0.2) is 225 Å². The number of likely N-dealkylation sites (tertiary alicyclic amines) is 4. The number of para-hydroxylation sites is 4. The molecule has 4 amide bonds. The van der Waals surface area contributed by atoms with Gasteiger partial charge in [-0.3, -0.25) is 57.5 Å². The highest BCUT2D eigenvalue weighted by Crippen LogP contribution is 2.54. The van der Waals surface area contributed by atoms with E-state index in [-0.39, 0.29) is 79.4 Å². The topological polar surface area (TPSA) is 165 Å². The van der Waals surface area contributed by atoms with Gasteiger partial charge in [0.15, 0.2) is 0 Å².